The van der Waals surface area contributed by atoms with Crippen molar-refractivity contribution in [3.63, 3.8) is 0 Å². The highest BCUT2D eigenvalue weighted by molar-refractivity contribution is 6.00. The average molecular weight is 261 g/mol. The molecule has 1 saturated carbocycles. The van der Waals surface area contributed by atoms with E-state index < -0.39 is 0 Å². The van der Waals surface area contributed by atoms with Crippen molar-refractivity contribution >= 4 is 5.78 Å². The number of rotatable bonds is 6. The van der Waals surface area contributed by atoms with Crippen LogP contribution in [0.5, 0.6) is 5.75 Å². The summed E-state index contributed by atoms with van der Waals surface area (Å²) in [5, 5.41) is 0. The fraction of sp³-hybridized carbons (Fsp3) is 0.562. The van der Waals surface area contributed by atoms with E-state index in [0.29, 0.717) is 17.9 Å². The Morgan fingerprint density at radius 3 is 2.74 bits per heavy atom. The predicted octanol–water partition coefficient (Wildman–Crippen LogP) is 2.92. The van der Waals surface area contributed by atoms with E-state index >= 15 is 0 Å². The topological polar surface area (TPSA) is 29.5 Å². The second kappa shape index (κ2) is 6.20. The van der Waals surface area contributed by atoms with Gasteiger partial charge in [-0.15, -0.1) is 0 Å². The van der Waals surface area contributed by atoms with E-state index in [-0.39, 0.29) is 5.78 Å². The molecule has 19 heavy (non-hydrogen) atoms. The summed E-state index contributed by atoms with van der Waals surface area (Å²) in [5.74, 6) is 1.61. The summed E-state index contributed by atoms with van der Waals surface area (Å²) in [6, 6.07) is 5.74. The van der Waals surface area contributed by atoms with Crippen LogP contribution in [-0.4, -0.2) is 37.9 Å². The summed E-state index contributed by atoms with van der Waals surface area (Å²) in [5.41, 5.74) is 1.80. The first kappa shape index (κ1) is 14.1. The van der Waals surface area contributed by atoms with E-state index in [2.05, 4.69) is 4.90 Å². The van der Waals surface area contributed by atoms with Gasteiger partial charge in [0.2, 0.25) is 0 Å². The van der Waals surface area contributed by atoms with Gasteiger partial charge in [0.25, 0.3) is 0 Å². The van der Waals surface area contributed by atoms with E-state index in [4.69, 9.17) is 4.74 Å². The fourth-order valence-corrected chi connectivity index (χ4v) is 2.54. The van der Waals surface area contributed by atoms with Crippen LogP contribution in [0.3, 0.4) is 0 Å². The van der Waals surface area contributed by atoms with E-state index in [1.54, 1.807) is 7.11 Å². The van der Waals surface area contributed by atoms with Gasteiger partial charge in [-0.2, -0.15) is 0 Å². The van der Waals surface area contributed by atoms with Crippen LogP contribution in [0.15, 0.2) is 18.2 Å². The van der Waals surface area contributed by atoms with Crippen LogP contribution in [0.4, 0.5) is 0 Å². The smallest absolute Gasteiger partial charge is 0.180 e. The zero-order valence-corrected chi connectivity index (χ0v) is 12.1. The van der Waals surface area contributed by atoms with Crippen LogP contribution in [0.2, 0.25) is 0 Å². The van der Waals surface area contributed by atoms with Crippen molar-refractivity contribution in [2.24, 2.45) is 5.92 Å². The monoisotopic (exact) mass is 261 g/mol. The summed E-state index contributed by atoms with van der Waals surface area (Å²) < 4.78 is 5.30. The number of hydrogen-bond donors (Lipinski definition) is 0. The highest BCUT2D eigenvalue weighted by Gasteiger charge is 2.21. The van der Waals surface area contributed by atoms with Crippen molar-refractivity contribution < 1.29 is 9.53 Å². The van der Waals surface area contributed by atoms with Gasteiger partial charge < -0.3 is 4.74 Å². The zero-order chi connectivity index (χ0) is 13.8. The summed E-state index contributed by atoms with van der Waals surface area (Å²) in [7, 11) is 3.64. The molecule has 0 aromatic heterocycles. The molecule has 3 nitrogen and oxygen atoms in total. The molecule has 0 spiro atoms. The van der Waals surface area contributed by atoms with Gasteiger partial charge in [-0.05, 0) is 50.4 Å². The minimum absolute atomic E-state index is 0.138. The number of aryl methyl sites for hydroxylation is 1. The van der Waals surface area contributed by atoms with E-state index in [9.17, 15) is 4.79 Å². The van der Waals surface area contributed by atoms with Gasteiger partial charge in [-0.1, -0.05) is 12.5 Å². The SMILES string of the molecule is COc1cc(C)ccc1C(=O)CN(C)CC1CCC1. The number of likely N-dealkylation sites (N-methyl/N-ethyl adjacent to an activating group) is 1. The highest BCUT2D eigenvalue weighted by atomic mass is 16.5. The number of ether oxygens (including phenoxy) is 1. The molecular weight excluding hydrogens is 238 g/mol. The maximum absolute atomic E-state index is 12.3. The maximum atomic E-state index is 12.3. The molecule has 1 aliphatic carbocycles. The molecule has 0 atom stereocenters. The molecule has 1 aromatic rings. The van der Waals surface area contributed by atoms with Crippen LogP contribution in [0.1, 0.15) is 35.2 Å². The lowest BCUT2D eigenvalue weighted by atomic mass is 9.85. The lowest BCUT2D eigenvalue weighted by Crippen LogP contribution is -2.33. The minimum Gasteiger partial charge on any atom is -0.496 e. The molecule has 0 bridgehead atoms. The number of Topliss-reactive ketones (excluding diaryl/α,β-unsaturated/α-hetero) is 1. The quantitative estimate of drug-likeness (QED) is 0.737. The molecule has 0 saturated heterocycles. The Morgan fingerprint density at radius 2 is 2.16 bits per heavy atom. The van der Waals surface area contributed by atoms with Gasteiger partial charge in [-0.25, -0.2) is 0 Å². The number of nitrogens with zero attached hydrogens (tertiary/aromatic N) is 1. The molecule has 1 aliphatic rings. The van der Waals surface area contributed by atoms with Gasteiger partial charge in [0.1, 0.15) is 5.75 Å². The first-order valence-electron chi connectivity index (χ1n) is 6.96. The number of ketones is 1. The Hall–Kier alpha value is -1.35. The van der Waals surface area contributed by atoms with Crippen LogP contribution >= 0.6 is 0 Å². The zero-order valence-electron chi connectivity index (χ0n) is 12.1. The average Bonchev–Trinajstić information content (AvgIpc) is 2.33. The molecular formula is C16H23NO2. The Kier molecular flexibility index (Phi) is 4.59. The third-order valence-corrected chi connectivity index (χ3v) is 3.87. The standard InChI is InChI=1S/C16H23NO2/c1-12-7-8-14(16(9-12)19-3)15(18)11-17(2)10-13-5-4-6-13/h7-9,13H,4-6,10-11H2,1-3H3. The number of benzene rings is 1. The second-order valence-corrected chi connectivity index (χ2v) is 5.62. The first-order valence-corrected chi connectivity index (χ1v) is 6.96. The number of carbonyl (C=O) groups is 1. The lowest BCUT2D eigenvalue weighted by Gasteiger charge is -2.29. The largest absolute Gasteiger partial charge is 0.496 e. The molecule has 0 N–H and O–H groups in total. The van der Waals surface area contributed by atoms with Crippen molar-refractivity contribution in [3.05, 3.63) is 29.3 Å². The predicted molar refractivity (Wildman–Crippen MR) is 76.9 cm³/mol. The molecule has 0 aliphatic heterocycles. The van der Waals surface area contributed by atoms with Crippen molar-refractivity contribution in [3.8, 4) is 5.75 Å². The minimum atomic E-state index is 0.138. The third kappa shape index (κ3) is 3.57. The van der Waals surface area contributed by atoms with E-state index in [0.717, 1.165) is 18.0 Å². The Labute approximate surface area is 115 Å². The summed E-state index contributed by atoms with van der Waals surface area (Å²) in [4.78, 5) is 14.4. The normalized spacial score (nSPS) is 15.4. The summed E-state index contributed by atoms with van der Waals surface area (Å²) in [6.07, 6.45) is 3.97. The molecule has 1 aromatic carbocycles. The summed E-state index contributed by atoms with van der Waals surface area (Å²) >= 11 is 0. The number of carbonyl (C=O) groups excluding carboxylic acids is 1. The maximum Gasteiger partial charge on any atom is 0.180 e. The first-order chi connectivity index (χ1) is 9.10. The van der Waals surface area contributed by atoms with Crippen LogP contribution in [0, 0.1) is 12.8 Å². The van der Waals surface area contributed by atoms with Gasteiger partial charge in [0, 0.05) is 6.54 Å². The Bertz CT molecular complexity index is 452. The lowest BCUT2D eigenvalue weighted by molar-refractivity contribution is 0.0922. The molecule has 104 valence electrons. The third-order valence-electron chi connectivity index (χ3n) is 3.87. The van der Waals surface area contributed by atoms with E-state index in [1.807, 2.05) is 32.2 Å². The van der Waals surface area contributed by atoms with Gasteiger partial charge in [0.05, 0.1) is 19.2 Å². The Morgan fingerprint density at radius 1 is 1.42 bits per heavy atom. The second-order valence-electron chi connectivity index (χ2n) is 5.62. The van der Waals surface area contributed by atoms with Gasteiger partial charge >= 0.3 is 0 Å². The number of methoxy groups -OCH3 is 1. The van der Waals surface area contributed by atoms with Crippen molar-refractivity contribution in [1.82, 2.24) is 4.90 Å². The molecule has 2 rings (SSSR count). The molecule has 3 heteroatoms. The fourth-order valence-electron chi connectivity index (χ4n) is 2.54. The number of hydrogen-bond acceptors (Lipinski definition) is 3. The van der Waals surface area contributed by atoms with Crippen LogP contribution in [-0.2, 0) is 0 Å². The van der Waals surface area contributed by atoms with Crippen LogP contribution < -0.4 is 4.74 Å². The van der Waals surface area contributed by atoms with Gasteiger partial charge in [-0.3, -0.25) is 9.69 Å². The molecule has 0 amide bonds. The van der Waals surface area contributed by atoms with Crippen LogP contribution in [0.25, 0.3) is 0 Å². The van der Waals surface area contributed by atoms with Crippen molar-refractivity contribution in [1.29, 1.82) is 0 Å². The Balaban J connectivity index is 1.98. The van der Waals surface area contributed by atoms with Crippen molar-refractivity contribution in [2.45, 2.75) is 26.2 Å². The van der Waals surface area contributed by atoms with Crippen molar-refractivity contribution in [2.75, 3.05) is 27.2 Å². The molecule has 0 unspecified atom stereocenters. The molecule has 1 fully saturated rings. The molecule has 0 heterocycles. The summed E-state index contributed by atoms with van der Waals surface area (Å²) in [6.45, 7) is 3.50. The van der Waals surface area contributed by atoms with E-state index in [1.165, 1.54) is 19.3 Å². The van der Waals surface area contributed by atoms with Gasteiger partial charge in [0.15, 0.2) is 5.78 Å². The molecule has 0 radical (unpaired) electrons. The highest BCUT2D eigenvalue weighted by Crippen LogP contribution is 2.27.